The minimum absolute atomic E-state index is 0.102. The number of rotatable bonds is 7. The van der Waals surface area contributed by atoms with Gasteiger partial charge in [0.25, 0.3) is 0 Å². The number of anilines is 1. The molecule has 2 heterocycles. The number of alkyl halides is 3. The van der Waals surface area contributed by atoms with Crippen LogP contribution in [0.25, 0.3) is 11.4 Å². The van der Waals surface area contributed by atoms with Crippen LogP contribution >= 0.6 is 0 Å². The first-order chi connectivity index (χ1) is 15.8. The summed E-state index contributed by atoms with van der Waals surface area (Å²) in [4.78, 5) is 18.8. The average molecular weight is 461 g/mol. The van der Waals surface area contributed by atoms with E-state index in [1.807, 2.05) is 12.1 Å². The number of aromatic nitrogens is 2. The number of nitrogens with zero attached hydrogens (tertiary/aromatic N) is 3. The lowest BCUT2D eigenvalue weighted by atomic mass is 10.0. The Morgan fingerprint density at radius 1 is 1.15 bits per heavy atom. The van der Waals surface area contributed by atoms with Gasteiger partial charge >= 0.3 is 6.36 Å². The smallest absolute Gasteiger partial charge is 0.497 e. The zero-order valence-corrected chi connectivity index (χ0v) is 17.9. The van der Waals surface area contributed by atoms with Gasteiger partial charge in [0.05, 0.1) is 7.11 Å². The number of carbonyl (C=O) groups is 1. The van der Waals surface area contributed by atoms with Crippen LogP contribution in [0, 0.1) is 0 Å². The van der Waals surface area contributed by atoms with Crippen LogP contribution in [0.4, 0.5) is 18.9 Å². The van der Waals surface area contributed by atoms with Gasteiger partial charge in [-0.2, -0.15) is 4.98 Å². The Hall–Kier alpha value is -3.56. The van der Waals surface area contributed by atoms with Crippen LogP contribution in [-0.2, 0) is 17.6 Å². The number of fused-ring (bicyclic) bond motifs is 1. The molecule has 0 unspecified atom stereocenters. The molecule has 0 atom stereocenters. The molecule has 1 amide bonds. The van der Waals surface area contributed by atoms with Crippen molar-refractivity contribution < 1.29 is 32.0 Å². The van der Waals surface area contributed by atoms with Crippen LogP contribution in [0.2, 0.25) is 0 Å². The molecular formula is C23H22F3N3O4. The second kappa shape index (κ2) is 9.51. The van der Waals surface area contributed by atoms with Crippen molar-refractivity contribution in [2.24, 2.45) is 0 Å². The molecule has 2 aromatic carbocycles. The molecule has 33 heavy (non-hydrogen) atoms. The molecule has 10 heteroatoms. The molecular weight excluding hydrogens is 439 g/mol. The maximum atomic E-state index is 12.8. The van der Waals surface area contributed by atoms with E-state index < -0.39 is 6.36 Å². The third-order valence-electron chi connectivity index (χ3n) is 5.30. The number of hydrogen-bond donors (Lipinski definition) is 0. The van der Waals surface area contributed by atoms with E-state index in [1.54, 1.807) is 24.1 Å². The van der Waals surface area contributed by atoms with E-state index in [0.29, 0.717) is 55.2 Å². The van der Waals surface area contributed by atoms with Gasteiger partial charge in [0.1, 0.15) is 11.5 Å². The molecule has 1 aliphatic heterocycles. The summed E-state index contributed by atoms with van der Waals surface area (Å²) in [5, 5.41) is 3.98. The number of carbonyl (C=O) groups excluding carboxylic acids is 1. The highest BCUT2D eigenvalue weighted by Crippen LogP contribution is 2.33. The van der Waals surface area contributed by atoms with Gasteiger partial charge < -0.3 is 18.9 Å². The molecule has 1 aliphatic rings. The molecule has 0 fully saturated rings. The van der Waals surface area contributed by atoms with E-state index >= 15 is 0 Å². The highest BCUT2D eigenvalue weighted by molar-refractivity contribution is 5.94. The van der Waals surface area contributed by atoms with E-state index in [4.69, 9.17) is 9.26 Å². The van der Waals surface area contributed by atoms with Gasteiger partial charge in [-0.15, -0.1) is 13.2 Å². The minimum atomic E-state index is -4.75. The number of halogens is 3. The van der Waals surface area contributed by atoms with E-state index in [0.717, 1.165) is 11.3 Å². The lowest BCUT2D eigenvalue weighted by molar-refractivity contribution is -0.274. The van der Waals surface area contributed by atoms with Crippen molar-refractivity contribution in [2.45, 2.75) is 38.5 Å². The van der Waals surface area contributed by atoms with E-state index in [1.165, 1.54) is 18.2 Å². The fourth-order valence-corrected chi connectivity index (χ4v) is 3.77. The second-order valence-corrected chi connectivity index (χ2v) is 7.58. The lowest BCUT2D eigenvalue weighted by Gasteiger charge is -2.30. The largest absolute Gasteiger partial charge is 0.573 e. The molecule has 0 bridgehead atoms. The highest BCUT2D eigenvalue weighted by Gasteiger charge is 2.32. The SMILES string of the molecule is COc1ccc(-c2noc(CCCC(=O)N3CCCc4cc(OC(F)(F)F)ccc43)n2)cc1. The Bertz CT molecular complexity index is 1110. The maximum Gasteiger partial charge on any atom is 0.573 e. The van der Waals surface area contributed by atoms with Gasteiger partial charge in [-0.05, 0) is 67.3 Å². The van der Waals surface area contributed by atoms with Gasteiger partial charge in [0.15, 0.2) is 0 Å². The highest BCUT2D eigenvalue weighted by atomic mass is 19.4. The summed E-state index contributed by atoms with van der Waals surface area (Å²) in [5.41, 5.74) is 2.08. The zero-order chi connectivity index (χ0) is 23.4. The summed E-state index contributed by atoms with van der Waals surface area (Å²) in [7, 11) is 1.59. The molecule has 4 rings (SSSR count). The quantitative estimate of drug-likeness (QED) is 0.496. The molecule has 0 saturated heterocycles. The van der Waals surface area contributed by atoms with Gasteiger partial charge in [-0.1, -0.05) is 5.16 Å². The van der Waals surface area contributed by atoms with Crippen LogP contribution < -0.4 is 14.4 Å². The number of amides is 1. The van der Waals surface area contributed by atoms with Gasteiger partial charge in [-0.25, -0.2) is 0 Å². The van der Waals surface area contributed by atoms with Gasteiger partial charge in [0.2, 0.25) is 17.6 Å². The van der Waals surface area contributed by atoms with Gasteiger partial charge in [-0.3, -0.25) is 4.79 Å². The van der Waals surface area contributed by atoms with Crippen LogP contribution in [-0.4, -0.2) is 36.1 Å². The Balaban J connectivity index is 1.34. The fourth-order valence-electron chi connectivity index (χ4n) is 3.77. The first-order valence-electron chi connectivity index (χ1n) is 10.5. The number of benzene rings is 2. The number of ether oxygens (including phenoxy) is 2. The predicted molar refractivity (Wildman–Crippen MR) is 113 cm³/mol. The standard InChI is InChI=1S/C23H22F3N3O4/c1-31-17-9-7-15(8-10-17)22-27-20(33-28-22)5-2-6-21(30)29-13-3-4-16-14-18(11-12-19(16)29)32-23(24,25)26/h7-12,14H,2-6,13H2,1H3. The minimum Gasteiger partial charge on any atom is -0.497 e. The van der Waals surface area contributed by atoms with Crippen LogP contribution in [0.15, 0.2) is 47.0 Å². The summed E-state index contributed by atoms with van der Waals surface area (Å²) in [5.74, 6) is 1.24. The summed E-state index contributed by atoms with van der Waals surface area (Å²) in [6.07, 6.45) is -2.30. The molecule has 0 radical (unpaired) electrons. The first-order valence-corrected chi connectivity index (χ1v) is 10.5. The summed E-state index contributed by atoms with van der Waals surface area (Å²) in [6, 6.07) is 11.4. The predicted octanol–water partition coefficient (Wildman–Crippen LogP) is 4.95. The molecule has 1 aromatic heterocycles. The molecule has 0 aliphatic carbocycles. The third-order valence-corrected chi connectivity index (χ3v) is 5.30. The van der Waals surface area contributed by atoms with Crippen LogP contribution in [0.1, 0.15) is 30.7 Å². The number of methoxy groups -OCH3 is 1. The maximum absolute atomic E-state index is 12.8. The molecule has 174 valence electrons. The molecule has 0 saturated carbocycles. The summed E-state index contributed by atoms with van der Waals surface area (Å²) in [6.45, 7) is 0.521. The zero-order valence-electron chi connectivity index (χ0n) is 17.9. The molecule has 7 nitrogen and oxygen atoms in total. The van der Waals surface area contributed by atoms with Crippen molar-refractivity contribution in [2.75, 3.05) is 18.6 Å². The summed E-state index contributed by atoms with van der Waals surface area (Å²) < 4.78 is 51.8. The van der Waals surface area contributed by atoms with Crippen LogP contribution in [0.3, 0.4) is 0 Å². The summed E-state index contributed by atoms with van der Waals surface area (Å²) >= 11 is 0. The average Bonchev–Trinajstić information content (AvgIpc) is 3.26. The van der Waals surface area contributed by atoms with Crippen molar-refractivity contribution in [1.82, 2.24) is 10.1 Å². The molecule has 3 aromatic rings. The topological polar surface area (TPSA) is 77.7 Å². The van der Waals surface area contributed by atoms with Crippen molar-refractivity contribution in [3.05, 3.63) is 53.9 Å². The van der Waals surface area contributed by atoms with E-state index in [2.05, 4.69) is 14.9 Å². The Labute approximate surface area is 188 Å². The monoisotopic (exact) mass is 461 g/mol. The normalized spacial score (nSPS) is 13.5. The molecule has 0 spiro atoms. The van der Waals surface area contributed by atoms with Crippen molar-refractivity contribution >= 4 is 11.6 Å². The third kappa shape index (κ3) is 5.63. The Morgan fingerprint density at radius 2 is 1.91 bits per heavy atom. The lowest BCUT2D eigenvalue weighted by Crippen LogP contribution is -2.35. The van der Waals surface area contributed by atoms with Crippen LogP contribution in [0.5, 0.6) is 11.5 Å². The van der Waals surface area contributed by atoms with Crippen molar-refractivity contribution in [1.29, 1.82) is 0 Å². The number of aryl methyl sites for hydroxylation is 2. The fraction of sp³-hybridized carbons (Fsp3) is 0.348. The van der Waals surface area contributed by atoms with Crippen molar-refractivity contribution in [3.63, 3.8) is 0 Å². The van der Waals surface area contributed by atoms with E-state index in [-0.39, 0.29) is 18.1 Å². The Morgan fingerprint density at radius 3 is 2.64 bits per heavy atom. The van der Waals surface area contributed by atoms with E-state index in [9.17, 15) is 18.0 Å². The number of hydrogen-bond acceptors (Lipinski definition) is 6. The first kappa shape index (κ1) is 22.6. The van der Waals surface area contributed by atoms with Gasteiger partial charge in [0, 0.05) is 30.6 Å². The Kier molecular flexibility index (Phi) is 6.52. The second-order valence-electron chi connectivity index (χ2n) is 7.58. The van der Waals surface area contributed by atoms with Crippen molar-refractivity contribution in [3.8, 4) is 22.9 Å². The molecule has 0 N–H and O–H groups in total.